The second-order valence-corrected chi connectivity index (χ2v) is 7.40. The number of nitrogens with zero attached hydrogens (tertiary/aromatic N) is 5. The number of carbonyl (C=O) groups is 1. The molecule has 0 bridgehead atoms. The summed E-state index contributed by atoms with van der Waals surface area (Å²) in [6.45, 7) is 4.22. The summed E-state index contributed by atoms with van der Waals surface area (Å²) in [5.74, 6) is 1.92. The average Bonchev–Trinajstić information content (AvgIpc) is 3.24. The number of hydrogen-bond acceptors (Lipinski definition) is 5. The first-order valence-corrected chi connectivity index (χ1v) is 10.1. The van der Waals surface area contributed by atoms with Gasteiger partial charge in [-0.2, -0.15) is 0 Å². The van der Waals surface area contributed by atoms with E-state index in [-0.39, 0.29) is 5.91 Å². The predicted octanol–water partition coefficient (Wildman–Crippen LogP) is 3.01. The smallest absolute Gasteiger partial charge is 0.258 e. The van der Waals surface area contributed by atoms with Crippen LogP contribution in [0.1, 0.15) is 15.9 Å². The highest BCUT2D eigenvalue weighted by atomic mass is 16.2. The van der Waals surface area contributed by atoms with Crippen molar-refractivity contribution in [3.05, 3.63) is 78.1 Å². The zero-order valence-electron chi connectivity index (χ0n) is 16.2. The van der Waals surface area contributed by atoms with E-state index in [1.54, 1.807) is 6.20 Å². The molecular formula is C23H23N5O. The third-order valence-corrected chi connectivity index (χ3v) is 5.70. The predicted molar refractivity (Wildman–Crippen MR) is 115 cm³/mol. The summed E-state index contributed by atoms with van der Waals surface area (Å²) < 4.78 is 0. The lowest BCUT2D eigenvalue weighted by Gasteiger charge is -2.36. The standard InChI is InChI=1S/C23H23N5O/c29-23(28-12-9-18-5-1-2-6-20(18)28)19-8-11-25-22(17-19)27-15-13-26(14-16-27)21-7-3-4-10-24-21/h1-8,10-11,17H,9,12-16H2. The van der Waals surface area contributed by atoms with Gasteiger partial charge in [-0.25, -0.2) is 9.97 Å². The van der Waals surface area contributed by atoms with E-state index < -0.39 is 0 Å². The SMILES string of the molecule is O=C(c1ccnc(N2CCN(c3ccccn3)CC2)c1)N1CCc2ccccc21. The van der Waals surface area contributed by atoms with E-state index in [1.165, 1.54) is 5.56 Å². The Bertz CT molecular complexity index is 1010. The molecule has 0 saturated carbocycles. The number of rotatable bonds is 3. The molecular weight excluding hydrogens is 362 g/mol. The number of para-hydroxylation sites is 1. The molecule has 3 aromatic rings. The molecule has 5 rings (SSSR count). The number of carbonyl (C=O) groups excluding carboxylic acids is 1. The van der Waals surface area contributed by atoms with Gasteiger partial charge >= 0.3 is 0 Å². The fourth-order valence-corrected chi connectivity index (χ4v) is 4.13. The van der Waals surface area contributed by atoms with Gasteiger partial charge in [-0.05, 0) is 42.3 Å². The molecule has 2 aliphatic rings. The normalized spacial score (nSPS) is 16.1. The highest BCUT2D eigenvalue weighted by Crippen LogP contribution is 2.29. The highest BCUT2D eigenvalue weighted by Gasteiger charge is 2.26. The zero-order valence-corrected chi connectivity index (χ0v) is 16.2. The number of amides is 1. The van der Waals surface area contributed by atoms with Crippen LogP contribution in [0.3, 0.4) is 0 Å². The number of hydrogen-bond donors (Lipinski definition) is 0. The van der Waals surface area contributed by atoms with Gasteiger partial charge in [0.05, 0.1) is 0 Å². The van der Waals surface area contributed by atoms with Gasteiger partial charge < -0.3 is 14.7 Å². The van der Waals surface area contributed by atoms with Crippen LogP contribution in [0.25, 0.3) is 0 Å². The summed E-state index contributed by atoms with van der Waals surface area (Å²) in [7, 11) is 0. The van der Waals surface area contributed by atoms with Gasteiger partial charge in [0.2, 0.25) is 0 Å². The fraction of sp³-hybridized carbons (Fsp3) is 0.261. The summed E-state index contributed by atoms with van der Waals surface area (Å²) >= 11 is 0. The molecule has 146 valence electrons. The summed E-state index contributed by atoms with van der Waals surface area (Å²) in [4.78, 5) is 28.5. The van der Waals surface area contributed by atoms with Crippen molar-refractivity contribution in [2.24, 2.45) is 0 Å². The molecule has 6 nitrogen and oxygen atoms in total. The zero-order chi connectivity index (χ0) is 19.6. The lowest BCUT2D eigenvalue weighted by Crippen LogP contribution is -2.47. The lowest BCUT2D eigenvalue weighted by atomic mass is 10.1. The largest absolute Gasteiger partial charge is 0.353 e. The second kappa shape index (κ2) is 7.54. The molecule has 1 saturated heterocycles. The molecule has 2 aliphatic heterocycles. The maximum Gasteiger partial charge on any atom is 0.258 e. The first-order valence-electron chi connectivity index (χ1n) is 10.1. The van der Waals surface area contributed by atoms with Crippen LogP contribution in [0, 0.1) is 0 Å². The number of benzene rings is 1. The third kappa shape index (κ3) is 3.42. The van der Waals surface area contributed by atoms with E-state index in [4.69, 9.17) is 0 Å². The number of fused-ring (bicyclic) bond motifs is 1. The maximum atomic E-state index is 13.1. The van der Waals surface area contributed by atoms with Crippen LogP contribution in [0.2, 0.25) is 0 Å². The monoisotopic (exact) mass is 385 g/mol. The van der Waals surface area contributed by atoms with Crippen LogP contribution in [0.15, 0.2) is 67.0 Å². The van der Waals surface area contributed by atoms with Crippen LogP contribution in [-0.2, 0) is 6.42 Å². The second-order valence-electron chi connectivity index (χ2n) is 7.40. The van der Waals surface area contributed by atoms with Crippen molar-refractivity contribution in [2.75, 3.05) is 47.4 Å². The Morgan fingerprint density at radius 2 is 1.48 bits per heavy atom. The van der Waals surface area contributed by atoms with Gasteiger partial charge in [0.15, 0.2) is 0 Å². The van der Waals surface area contributed by atoms with E-state index in [0.717, 1.165) is 56.5 Å². The van der Waals surface area contributed by atoms with Crippen molar-refractivity contribution in [3.8, 4) is 0 Å². The van der Waals surface area contributed by atoms with Crippen LogP contribution >= 0.6 is 0 Å². The van der Waals surface area contributed by atoms with Crippen LogP contribution in [-0.4, -0.2) is 48.6 Å². The Kier molecular flexibility index (Phi) is 4.60. The third-order valence-electron chi connectivity index (χ3n) is 5.70. The van der Waals surface area contributed by atoms with Crippen molar-refractivity contribution in [1.29, 1.82) is 0 Å². The minimum absolute atomic E-state index is 0.0470. The number of piperazine rings is 1. The van der Waals surface area contributed by atoms with Gasteiger partial charge in [0.1, 0.15) is 11.6 Å². The Labute approximate surface area is 170 Å². The van der Waals surface area contributed by atoms with Crippen LogP contribution in [0.4, 0.5) is 17.3 Å². The number of anilines is 3. The van der Waals surface area contributed by atoms with Crippen molar-refractivity contribution in [1.82, 2.24) is 9.97 Å². The summed E-state index contributed by atoms with van der Waals surface area (Å²) in [5, 5.41) is 0. The van der Waals surface area contributed by atoms with E-state index in [0.29, 0.717) is 5.56 Å². The van der Waals surface area contributed by atoms with E-state index >= 15 is 0 Å². The molecule has 0 radical (unpaired) electrons. The molecule has 0 unspecified atom stereocenters. The molecule has 1 fully saturated rings. The fourth-order valence-electron chi connectivity index (χ4n) is 4.13. The van der Waals surface area contributed by atoms with E-state index in [2.05, 4.69) is 25.8 Å². The van der Waals surface area contributed by atoms with Crippen molar-refractivity contribution in [3.63, 3.8) is 0 Å². The Morgan fingerprint density at radius 3 is 2.28 bits per heavy atom. The summed E-state index contributed by atoms with van der Waals surface area (Å²) in [5.41, 5.74) is 2.96. The molecule has 0 spiro atoms. The van der Waals surface area contributed by atoms with Crippen LogP contribution < -0.4 is 14.7 Å². The first kappa shape index (κ1) is 17.7. The van der Waals surface area contributed by atoms with Gasteiger partial charge in [-0.3, -0.25) is 4.79 Å². The van der Waals surface area contributed by atoms with Gasteiger partial charge in [0, 0.05) is 56.4 Å². The van der Waals surface area contributed by atoms with Gasteiger partial charge in [0.25, 0.3) is 5.91 Å². The molecule has 2 aromatic heterocycles. The van der Waals surface area contributed by atoms with E-state index in [9.17, 15) is 4.79 Å². The molecule has 4 heterocycles. The minimum Gasteiger partial charge on any atom is -0.353 e. The Hall–Kier alpha value is -3.41. The summed E-state index contributed by atoms with van der Waals surface area (Å²) in [6, 6.07) is 17.9. The topological polar surface area (TPSA) is 52.6 Å². The maximum absolute atomic E-state index is 13.1. The molecule has 0 atom stereocenters. The lowest BCUT2D eigenvalue weighted by molar-refractivity contribution is 0.0989. The molecule has 0 N–H and O–H groups in total. The Balaban J connectivity index is 1.30. The molecule has 29 heavy (non-hydrogen) atoms. The van der Waals surface area contributed by atoms with Crippen molar-refractivity contribution in [2.45, 2.75) is 6.42 Å². The van der Waals surface area contributed by atoms with E-state index in [1.807, 2.05) is 59.6 Å². The quantitative estimate of drug-likeness (QED) is 0.694. The highest BCUT2D eigenvalue weighted by molar-refractivity contribution is 6.07. The summed E-state index contributed by atoms with van der Waals surface area (Å²) in [6.07, 6.45) is 4.49. The van der Waals surface area contributed by atoms with Crippen molar-refractivity contribution >= 4 is 23.2 Å². The van der Waals surface area contributed by atoms with Crippen molar-refractivity contribution < 1.29 is 4.79 Å². The number of pyridine rings is 2. The molecule has 1 amide bonds. The molecule has 6 heteroatoms. The van der Waals surface area contributed by atoms with Crippen LogP contribution in [0.5, 0.6) is 0 Å². The van der Waals surface area contributed by atoms with Gasteiger partial charge in [-0.15, -0.1) is 0 Å². The average molecular weight is 385 g/mol. The van der Waals surface area contributed by atoms with Gasteiger partial charge in [-0.1, -0.05) is 24.3 Å². The number of aromatic nitrogens is 2. The minimum atomic E-state index is 0.0470. The first-order chi connectivity index (χ1) is 14.3. The molecule has 0 aliphatic carbocycles. The molecule has 1 aromatic carbocycles. The Morgan fingerprint density at radius 1 is 0.759 bits per heavy atom.